The van der Waals surface area contributed by atoms with Gasteiger partial charge in [0.25, 0.3) is 0 Å². The SMILES string of the molecule is COc1ccc(C2CC(C(F)(F)F)n3nc(-c4cccc5[nH]ncc45)cc3N2)cc1OC. The Morgan fingerprint density at radius 2 is 1.88 bits per heavy atom. The number of aromatic nitrogens is 4. The molecule has 2 N–H and O–H groups in total. The first-order valence-corrected chi connectivity index (χ1v) is 9.96. The molecular weight excluding hydrogens is 423 g/mol. The summed E-state index contributed by atoms with van der Waals surface area (Å²) in [5.41, 5.74) is 2.62. The molecule has 5 rings (SSSR count). The maximum absolute atomic E-state index is 14.0. The van der Waals surface area contributed by atoms with Crippen molar-refractivity contribution in [1.29, 1.82) is 0 Å². The monoisotopic (exact) mass is 443 g/mol. The standard InChI is InChI=1S/C22H20F3N5O2/c1-31-18-7-6-12(8-19(18)32-2)16-9-20(22(23,24)25)30-21(27-16)10-17(29-30)13-4-3-5-15-14(13)11-26-28-15/h3-8,10-11,16,20,27H,9H2,1-2H3,(H,26,28). The van der Waals surface area contributed by atoms with E-state index in [9.17, 15) is 13.2 Å². The van der Waals surface area contributed by atoms with Gasteiger partial charge in [0.1, 0.15) is 5.82 Å². The van der Waals surface area contributed by atoms with Crippen molar-refractivity contribution in [3.8, 4) is 22.8 Å². The zero-order valence-electron chi connectivity index (χ0n) is 17.3. The van der Waals surface area contributed by atoms with Crippen LogP contribution in [0.4, 0.5) is 19.0 Å². The summed E-state index contributed by atoms with van der Waals surface area (Å²) in [6.07, 6.45) is -3.02. The average molecular weight is 443 g/mol. The summed E-state index contributed by atoms with van der Waals surface area (Å²) in [4.78, 5) is 0. The minimum absolute atomic E-state index is 0.205. The predicted molar refractivity (Wildman–Crippen MR) is 113 cm³/mol. The van der Waals surface area contributed by atoms with Crippen molar-refractivity contribution in [3.05, 3.63) is 54.2 Å². The van der Waals surface area contributed by atoms with Crippen molar-refractivity contribution in [3.63, 3.8) is 0 Å². The minimum Gasteiger partial charge on any atom is -0.493 e. The summed E-state index contributed by atoms with van der Waals surface area (Å²) in [6, 6.07) is 9.91. The number of aromatic amines is 1. The van der Waals surface area contributed by atoms with Gasteiger partial charge in [-0.2, -0.15) is 23.4 Å². The summed E-state index contributed by atoms with van der Waals surface area (Å²) in [6.45, 7) is 0. The van der Waals surface area contributed by atoms with E-state index in [-0.39, 0.29) is 6.42 Å². The number of benzene rings is 2. The van der Waals surface area contributed by atoms with Gasteiger partial charge < -0.3 is 14.8 Å². The molecule has 0 saturated carbocycles. The van der Waals surface area contributed by atoms with Gasteiger partial charge in [-0.05, 0) is 23.8 Å². The first-order chi connectivity index (χ1) is 15.4. The molecule has 4 aromatic rings. The summed E-state index contributed by atoms with van der Waals surface area (Å²) >= 11 is 0. The van der Waals surface area contributed by atoms with Gasteiger partial charge in [-0.3, -0.25) is 5.10 Å². The van der Waals surface area contributed by atoms with Gasteiger partial charge in [0.05, 0.1) is 37.7 Å². The molecule has 0 bridgehead atoms. The highest BCUT2D eigenvalue weighted by atomic mass is 19.4. The normalized spacial score (nSPS) is 18.3. The van der Waals surface area contributed by atoms with Crippen LogP contribution < -0.4 is 14.8 Å². The average Bonchev–Trinajstić information content (AvgIpc) is 3.43. The number of nitrogens with one attached hydrogen (secondary N) is 2. The number of H-pyrrole nitrogens is 1. The van der Waals surface area contributed by atoms with Crippen molar-refractivity contribution >= 4 is 16.7 Å². The van der Waals surface area contributed by atoms with E-state index in [4.69, 9.17) is 9.47 Å². The van der Waals surface area contributed by atoms with Crippen LogP contribution in [0.2, 0.25) is 0 Å². The number of alkyl halides is 3. The van der Waals surface area contributed by atoms with Crippen molar-refractivity contribution in [2.24, 2.45) is 0 Å². The molecule has 2 unspecified atom stereocenters. The molecule has 3 heterocycles. The van der Waals surface area contributed by atoms with E-state index >= 15 is 0 Å². The van der Waals surface area contributed by atoms with Crippen LogP contribution in [0.25, 0.3) is 22.2 Å². The van der Waals surface area contributed by atoms with Crippen molar-refractivity contribution < 1.29 is 22.6 Å². The maximum atomic E-state index is 14.0. The number of halogens is 3. The molecule has 1 aliphatic rings. The van der Waals surface area contributed by atoms with Crippen LogP contribution in [-0.2, 0) is 0 Å². The number of fused-ring (bicyclic) bond motifs is 2. The highest BCUT2D eigenvalue weighted by Gasteiger charge is 2.46. The van der Waals surface area contributed by atoms with Gasteiger partial charge in [0.2, 0.25) is 0 Å². The van der Waals surface area contributed by atoms with Gasteiger partial charge in [-0.15, -0.1) is 0 Å². The highest BCUT2D eigenvalue weighted by Crippen LogP contribution is 2.45. The highest BCUT2D eigenvalue weighted by molar-refractivity contribution is 5.93. The lowest BCUT2D eigenvalue weighted by atomic mass is 9.96. The Hall–Kier alpha value is -3.69. The first-order valence-electron chi connectivity index (χ1n) is 9.96. The molecule has 0 amide bonds. The Morgan fingerprint density at radius 3 is 2.62 bits per heavy atom. The predicted octanol–water partition coefficient (Wildman–Crippen LogP) is 5.10. The molecule has 1 aliphatic heterocycles. The van der Waals surface area contributed by atoms with Crippen molar-refractivity contribution in [2.75, 3.05) is 19.5 Å². The fourth-order valence-electron chi connectivity index (χ4n) is 4.18. The molecule has 166 valence electrons. The van der Waals surface area contributed by atoms with Crippen LogP contribution in [0.1, 0.15) is 24.1 Å². The van der Waals surface area contributed by atoms with Gasteiger partial charge in [0.15, 0.2) is 17.5 Å². The van der Waals surface area contributed by atoms with E-state index in [1.807, 2.05) is 18.2 Å². The largest absolute Gasteiger partial charge is 0.493 e. The van der Waals surface area contributed by atoms with Crippen LogP contribution in [0.15, 0.2) is 48.7 Å². The summed E-state index contributed by atoms with van der Waals surface area (Å²) < 4.78 is 53.7. The lowest BCUT2D eigenvalue weighted by molar-refractivity contribution is -0.173. The third-order valence-electron chi connectivity index (χ3n) is 5.76. The molecule has 0 saturated heterocycles. The minimum atomic E-state index is -4.46. The molecule has 2 aromatic heterocycles. The number of nitrogens with zero attached hydrogens (tertiary/aromatic N) is 3. The van der Waals surface area contributed by atoms with Crippen LogP contribution in [-0.4, -0.2) is 40.4 Å². The van der Waals surface area contributed by atoms with Crippen LogP contribution in [0.5, 0.6) is 11.5 Å². The maximum Gasteiger partial charge on any atom is 0.410 e. The van der Waals surface area contributed by atoms with Crippen molar-refractivity contribution in [2.45, 2.75) is 24.7 Å². The molecular formula is C22H20F3N5O2. The summed E-state index contributed by atoms with van der Waals surface area (Å²) in [5.74, 6) is 1.27. The van der Waals surface area contributed by atoms with E-state index < -0.39 is 18.3 Å². The third-order valence-corrected chi connectivity index (χ3v) is 5.76. The fourth-order valence-corrected chi connectivity index (χ4v) is 4.18. The molecule has 32 heavy (non-hydrogen) atoms. The van der Waals surface area contributed by atoms with Crippen LogP contribution >= 0.6 is 0 Å². The second-order valence-electron chi connectivity index (χ2n) is 7.60. The van der Waals surface area contributed by atoms with E-state index in [2.05, 4.69) is 20.6 Å². The number of rotatable bonds is 4. The van der Waals surface area contributed by atoms with E-state index in [1.54, 1.807) is 30.5 Å². The molecule has 0 spiro atoms. The van der Waals surface area contributed by atoms with E-state index in [0.29, 0.717) is 34.1 Å². The Labute approximate surface area is 181 Å². The Bertz CT molecular complexity index is 1280. The quantitative estimate of drug-likeness (QED) is 0.459. The molecule has 0 fully saturated rings. The van der Waals surface area contributed by atoms with E-state index in [0.717, 1.165) is 15.6 Å². The number of hydrogen-bond acceptors (Lipinski definition) is 5. The molecule has 0 radical (unpaired) electrons. The Kier molecular flexibility index (Phi) is 4.72. The number of ether oxygens (including phenoxy) is 2. The smallest absolute Gasteiger partial charge is 0.410 e. The van der Waals surface area contributed by atoms with Crippen LogP contribution in [0, 0.1) is 0 Å². The first kappa shape index (κ1) is 20.2. The lowest BCUT2D eigenvalue weighted by Crippen LogP contribution is -2.35. The second-order valence-corrected chi connectivity index (χ2v) is 7.60. The third kappa shape index (κ3) is 3.31. The molecule has 7 nitrogen and oxygen atoms in total. The van der Waals surface area contributed by atoms with Gasteiger partial charge >= 0.3 is 6.18 Å². The topological polar surface area (TPSA) is 77.0 Å². The zero-order valence-corrected chi connectivity index (χ0v) is 17.3. The Morgan fingerprint density at radius 1 is 1.06 bits per heavy atom. The summed E-state index contributed by atoms with van der Waals surface area (Å²) in [5, 5.41) is 15.2. The van der Waals surface area contributed by atoms with Gasteiger partial charge in [0, 0.05) is 23.4 Å². The second kappa shape index (κ2) is 7.47. The molecule has 0 aliphatic carbocycles. The number of anilines is 1. The molecule has 10 heteroatoms. The summed E-state index contributed by atoms with van der Waals surface area (Å²) in [7, 11) is 3.00. The van der Waals surface area contributed by atoms with Gasteiger partial charge in [-0.1, -0.05) is 18.2 Å². The van der Waals surface area contributed by atoms with Gasteiger partial charge in [-0.25, -0.2) is 4.68 Å². The number of methoxy groups -OCH3 is 2. The lowest BCUT2D eigenvalue weighted by Gasteiger charge is -2.33. The molecule has 2 atom stereocenters. The van der Waals surface area contributed by atoms with Crippen molar-refractivity contribution in [1.82, 2.24) is 20.0 Å². The number of hydrogen-bond donors (Lipinski definition) is 2. The zero-order chi connectivity index (χ0) is 22.5. The van der Waals surface area contributed by atoms with E-state index in [1.165, 1.54) is 14.2 Å². The molecule has 2 aromatic carbocycles. The fraction of sp³-hybridized carbons (Fsp3) is 0.273. The van der Waals surface area contributed by atoms with Crippen LogP contribution in [0.3, 0.4) is 0 Å². The Balaban J connectivity index is 1.58.